The van der Waals surface area contributed by atoms with Gasteiger partial charge in [-0.1, -0.05) is 18.2 Å². The Labute approximate surface area is 120 Å². The second-order valence-corrected chi connectivity index (χ2v) is 5.61. The van der Waals surface area contributed by atoms with Crippen molar-refractivity contribution in [3.05, 3.63) is 48.3 Å². The number of allylic oxidation sites excluding steroid dienone is 1. The first-order valence-electron chi connectivity index (χ1n) is 7.47. The third-order valence-electron chi connectivity index (χ3n) is 4.17. The molecule has 0 amide bonds. The third kappa shape index (κ3) is 4.15. The summed E-state index contributed by atoms with van der Waals surface area (Å²) in [5.41, 5.74) is 0.830. The minimum absolute atomic E-state index is 0.252. The van der Waals surface area contributed by atoms with E-state index in [2.05, 4.69) is 11.5 Å². The number of aliphatic hydroxyl groups is 1. The summed E-state index contributed by atoms with van der Waals surface area (Å²) in [4.78, 5) is 2.46. The first kappa shape index (κ1) is 15.2. The molecule has 1 N–H and O–H groups in total. The number of hydrogen-bond acceptors (Lipinski definition) is 2. The number of benzene rings is 1. The average molecular weight is 277 g/mol. The van der Waals surface area contributed by atoms with Crippen LogP contribution in [0.2, 0.25) is 0 Å². The van der Waals surface area contributed by atoms with Gasteiger partial charge < -0.3 is 10.0 Å². The van der Waals surface area contributed by atoms with Crippen molar-refractivity contribution in [2.75, 3.05) is 19.6 Å². The third-order valence-corrected chi connectivity index (χ3v) is 4.17. The zero-order valence-electron chi connectivity index (χ0n) is 12.0. The maximum absolute atomic E-state index is 12.9. The summed E-state index contributed by atoms with van der Waals surface area (Å²) in [5.74, 6) is 0.0362. The molecule has 1 aromatic rings. The highest BCUT2D eigenvalue weighted by molar-refractivity contribution is 5.19. The quantitative estimate of drug-likeness (QED) is 0.635. The zero-order chi connectivity index (χ0) is 14.4. The fraction of sp³-hybridized carbons (Fsp3) is 0.529. The van der Waals surface area contributed by atoms with Gasteiger partial charge in [-0.3, -0.25) is 0 Å². The normalized spacial score (nSPS) is 18.9. The number of aliphatic hydroxyl groups excluding tert-OH is 1. The van der Waals surface area contributed by atoms with Crippen molar-refractivity contribution in [1.29, 1.82) is 0 Å². The summed E-state index contributed by atoms with van der Waals surface area (Å²) in [6.07, 6.45) is 5.74. The van der Waals surface area contributed by atoms with Crippen molar-refractivity contribution in [2.24, 2.45) is 5.92 Å². The van der Waals surface area contributed by atoms with E-state index < -0.39 is 6.10 Å². The van der Waals surface area contributed by atoms with Gasteiger partial charge in [-0.05, 0) is 68.9 Å². The van der Waals surface area contributed by atoms with E-state index in [1.807, 2.05) is 6.08 Å². The number of unbranched alkanes of at least 4 members (excludes halogenated alkanes) is 1. The van der Waals surface area contributed by atoms with E-state index in [4.69, 9.17) is 0 Å². The van der Waals surface area contributed by atoms with E-state index in [1.54, 1.807) is 12.1 Å². The fourth-order valence-electron chi connectivity index (χ4n) is 2.88. The van der Waals surface area contributed by atoms with Gasteiger partial charge in [-0.15, -0.1) is 6.58 Å². The lowest BCUT2D eigenvalue weighted by molar-refractivity contribution is 0.0586. The SMILES string of the molecule is C=CCCCN1CCC(C(O)c2ccc(F)cc2)CC1. The highest BCUT2D eigenvalue weighted by atomic mass is 19.1. The van der Waals surface area contributed by atoms with Crippen LogP contribution in [0.4, 0.5) is 4.39 Å². The highest BCUT2D eigenvalue weighted by Gasteiger charge is 2.25. The lowest BCUT2D eigenvalue weighted by Gasteiger charge is -2.34. The Hall–Kier alpha value is -1.19. The van der Waals surface area contributed by atoms with Gasteiger partial charge in [-0.2, -0.15) is 0 Å². The molecule has 110 valence electrons. The maximum Gasteiger partial charge on any atom is 0.123 e. The molecule has 1 unspecified atom stereocenters. The lowest BCUT2D eigenvalue weighted by atomic mass is 9.87. The van der Waals surface area contributed by atoms with E-state index >= 15 is 0 Å². The summed E-state index contributed by atoms with van der Waals surface area (Å²) in [6.45, 7) is 6.94. The van der Waals surface area contributed by atoms with Gasteiger partial charge in [0.15, 0.2) is 0 Å². The molecule has 1 saturated heterocycles. The van der Waals surface area contributed by atoms with Gasteiger partial charge in [-0.25, -0.2) is 4.39 Å². The van der Waals surface area contributed by atoms with Gasteiger partial charge in [0.1, 0.15) is 5.82 Å². The molecule has 1 aromatic carbocycles. The van der Waals surface area contributed by atoms with Gasteiger partial charge in [0.2, 0.25) is 0 Å². The van der Waals surface area contributed by atoms with Crippen LogP contribution in [0, 0.1) is 11.7 Å². The number of nitrogens with zero attached hydrogens (tertiary/aromatic N) is 1. The van der Waals surface area contributed by atoms with Crippen molar-refractivity contribution in [1.82, 2.24) is 4.90 Å². The molecule has 0 aromatic heterocycles. The van der Waals surface area contributed by atoms with Crippen LogP contribution in [-0.2, 0) is 0 Å². The Bertz CT molecular complexity index is 410. The number of hydrogen-bond donors (Lipinski definition) is 1. The number of likely N-dealkylation sites (tertiary alicyclic amines) is 1. The van der Waals surface area contributed by atoms with Crippen LogP contribution < -0.4 is 0 Å². The topological polar surface area (TPSA) is 23.5 Å². The van der Waals surface area contributed by atoms with E-state index in [-0.39, 0.29) is 11.7 Å². The summed E-state index contributed by atoms with van der Waals surface area (Å²) in [7, 11) is 0. The molecule has 0 spiro atoms. The zero-order valence-corrected chi connectivity index (χ0v) is 12.0. The predicted molar refractivity (Wildman–Crippen MR) is 80.0 cm³/mol. The van der Waals surface area contributed by atoms with Crippen LogP contribution in [0.25, 0.3) is 0 Å². The summed E-state index contributed by atoms with van der Waals surface area (Å²) in [6, 6.07) is 6.22. The van der Waals surface area contributed by atoms with E-state index in [1.165, 1.54) is 12.1 Å². The molecule has 0 radical (unpaired) electrons. The molecule has 0 aliphatic carbocycles. The second kappa shape index (κ2) is 7.55. The molecule has 20 heavy (non-hydrogen) atoms. The summed E-state index contributed by atoms with van der Waals surface area (Å²) >= 11 is 0. The van der Waals surface area contributed by atoms with Crippen LogP contribution in [0.15, 0.2) is 36.9 Å². The van der Waals surface area contributed by atoms with Crippen LogP contribution in [0.5, 0.6) is 0 Å². The van der Waals surface area contributed by atoms with Gasteiger partial charge in [0.05, 0.1) is 6.10 Å². The maximum atomic E-state index is 12.9. The Morgan fingerprint density at radius 3 is 2.55 bits per heavy atom. The minimum Gasteiger partial charge on any atom is -0.388 e. The lowest BCUT2D eigenvalue weighted by Crippen LogP contribution is -2.36. The average Bonchev–Trinajstić information content (AvgIpc) is 2.48. The molecular formula is C17H24FNO. The summed E-state index contributed by atoms with van der Waals surface area (Å²) in [5, 5.41) is 10.4. The fourth-order valence-corrected chi connectivity index (χ4v) is 2.88. The van der Waals surface area contributed by atoms with Crippen LogP contribution >= 0.6 is 0 Å². The highest BCUT2D eigenvalue weighted by Crippen LogP contribution is 2.30. The van der Waals surface area contributed by atoms with E-state index in [9.17, 15) is 9.50 Å². The van der Waals surface area contributed by atoms with Crippen LogP contribution in [0.3, 0.4) is 0 Å². The van der Waals surface area contributed by atoms with Gasteiger partial charge in [0, 0.05) is 0 Å². The van der Waals surface area contributed by atoms with E-state index in [0.717, 1.165) is 50.9 Å². The largest absolute Gasteiger partial charge is 0.388 e. The molecule has 1 atom stereocenters. The van der Waals surface area contributed by atoms with Crippen molar-refractivity contribution in [3.63, 3.8) is 0 Å². The van der Waals surface area contributed by atoms with Crippen molar-refractivity contribution in [3.8, 4) is 0 Å². The minimum atomic E-state index is -0.467. The standard InChI is InChI=1S/C17H24FNO/c1-2-3-4-11-19-12-9-15(10-13-19)17(20)14-5-7-16(18)8-6-14/h2,5-8,15,17,20H,1,3-4,9-13H2. The van der Waals surface area contributed by atoms with Crippen molar-refractivity contribution >= 4 is 0 Å². The van der Waals surface area contributed by atoms with Gasteiger partial charge in [0.25, 0.3) is 0 Å². The molecule has 0 bridgehead atoms. The Balaban J connectivity index is 1.80. The Morgan fingerprint density at radius 1 is 1.30 bits per heavy atom. The van der Waals surface area contributed by atoms with Crippen molar-refractivity contribution in [2.45, 2.75) is 31.8 Å². The first-order chi connectivity index (χ1) is 9.70. The van der Waals surface area contributed by atoms with Crippen LogP contribution in [0.1, 0.15) is 37.4 Å². The molecule has 3 heteroatoms. The first-order valence-corrected chi connectivity index (χ1v) is 7.47. The number of halogens is 1. The number of rotatable bonds is 6. The van der Waals surface area contributed by atoms with Gasteiger partial charge >= 0.3 is 0 Å². The van der Waals surface area contributed by atoms with Crippen molar-refractivity contribution < 1.29 is 9.50 Å². The van der Waals surface area contributed by atoms with Crippen LogP contribution in [-0.4, -0.2) is 29.6 Å². The molecule has 1 fully saturated rings. The molecule has 1 heterocycles. The predicted octanol–water partition coefficient (Wildman–Crippen LogP) is 3.54. The monoisotopic (exact) mass is 277 g/mol. The molecule has 0 saturated carbocycles. The second-order valence-electron chi connectivity index (χ2n) is 5.61. The van der Waals surface area contributed by atoms with E-state index in [0.29, 0.717) is 0 Å². The molecular weight excluding hydrogens is 253 g/mol. The smallest absolute Gasteiger partial charge is 0.123 e. The number of piperidine rings is 1. The Kier molecular flexibility index (Phi) is 5.74. The molecule has 2 rings (SSSR count). The molecule has 1 aliphatic heterocycles. The molecule has 2 nitrogen and oxygen atoms in total. The summed E-state index contributed by atoms with van der Waals surface area (Å²) < 4.78 is 12.9. The Morgan fingerprint density at radius 2 is 1.95 bits per heavy atom. The molecule has 1 aliphatic rings.